The van der Waals surface area contributed by atoms with Crippen LogP contribution in [-0.2, 0) is 16.0 Å². The predicted octanol–water partition coefficient (Wildman–Crippen LogP) is 1.93. The Labute approximate surface area is 179 Å². The SMILES string of the molecule is CCC(=O)N1CCc2cc(C(=O)NCC(=O)Nc3ccc(-n4cncn4)cc3)ccc21. The molecule has 2 N–H and O–H groups in total. The van der Waals surface area contributed by atoms with E-state index in [2.05, 4.69) is 20.7 Å². The number of benzene rings is 2. The van der Waals surface area contributed by atoms with Crippen LogP contribution in [0.15, 0.2) is 55.1 Å². The van der Waals surface area contributed by atoms with E-state index in [4.69, 9.17) is 0 Å². The number of rotatable bonds is 6. The zero-order valence-electron chi connectivity index (χ0n) is 17.0. The van der Waals surface area contributed by atoms with Crippen LogP contribution in [0.3, 0.4) is 0 Å². The number of carbonyl (C=O) groups excluding carboxylic acids is 3. The number of amides is 3. The molecule has 0 atom stereocenters. The Balaban J connectivity index is 1.32. The molecule has 0 saturated heterocycles. The standard InChI is InChI=1S/C22H22N6O3/c1-2-21(30)27-10-9-15-11-16(3-8-19(15)27)22(31)24-12-20(29)26-17-4-6-18(7-5-17)28-14-23-13-25-28/h3-8,11,13-14H,2,9-10,12H2,1H3,(H,24,31)(H,26,29). The second-order valence-corrected chi connectivity index (χ2v) is 7.11. The number of aromatic nitrogens is 3. The maximum absolute atomic E-state index is 12.5. The first-order valence-corrected chi connectivity index (χ1v) is 10.0. The van der Waals surface area contributed by atoms with Crippen molar-refractivity contribution < 1.29 is 14.4 Å². The van der Waals surface area contributed by atoms with Crippen LogP contribution in [0.5, 0.6) is 0 Å². The summed E-state index contributed by atoms with van der Waals surface area (Å²) in [5.41, 5.74) is 3.72. The molecule has 158 valence electrons. The molecule has 0 radical (unpaired) electrons. The molecule has 0 spiro atoms. The molecule has 1 aliphatic rings. The fourth-order valence-corrected chi connectivity index (χ4v) is 3.50. The number of fused-ring (bicyclic) bond motifs is 1. The molecule has 2 heterocycles. The highest BCUT2D eigenvalue weighted by molar-refractivity contribution is 6.01. The van der Waals surface area contributed by atoms with Crippen molar-refractivity contribution in [2.24, 2.45) is 0 Å². The number of nitrogens with zero attached hydrogens (tertiary/aromatic N) is 4. The predicted molar refractivity (Wildman–Crippen MR) is 115 cm³/mol. The molecule has 4 rings (SSSR count). The third-order valence-electron chi connectivity index (χ3n) is 5.08. The third kappa shape index (κ3) is 4.45. The lowest BCUT2D eigenvalue weighted by Gasteiger charge is -2.16. The van der Waals surface area contributed by atoms with Gasteiger partial charge >= 0.3 is 0 Å². The molecule has 1 aromatic heterocycles. The molecule has 0 fully saturated rings. The lowest BCUT2D eigenvalue weighted by atomic mass is 10.1. The quantitative estimate of drug-likeness (QED) is 0.636. The first-order chi connectivity index (χ1) is 15.0. The van der Waals surface area contributed by atoms with Gasteiger partial charge in [0.1, 0.15) is 12.7 Å². The summed E-state index contributed by atoms with van der Waals surface area (Å²) in [5, 5.41) is 9.42. The minimum absolute atomic E-state index is 0.0712. The summed E-state index contributed by atoms with van der Waals surface area (Å²) < 4.78 is 1.61. The van der Waals surface area contributed by atoms with E-state index in [0.29, 0.717) is 30.6 Å². The van der Waals surface area contributed by atoms with Gasteiger partial charge in [-0.05, 0) is 54.4 Å². The zero-order chi connectivity index (χ0) is 21.8. The van der Waals surface area contributed by atoms with Crippen LogP contribution in [0.1, 0.15) is 29.3 Å². The first kappa shape index (κ1) is 20.3. The summed E-state index contributed by atoms with van der Waals surface area (Å²) in [5.74, 6) is -0.593. The van der Waals surface area contributed by atoms with E-state index >= 15 is 0 Å². The van der Waals surface area contributed by atoms with Gasteiger partial charge in [-0.2, -0.15) is 5.10 Å². The van der Waals surface area contributed by atoms with Crippen LogP contribution in [0.4, 0.5) is 11.4 Å². The van der Waals surface area contributed by atoms with Crippen molar-refractivity contribution in [3.05, 3.63) is 66.2 Å². The normalized spacial score (nSPS) is 12.4. The topological polar surface area (TPSA) is 109 Å². The minimum atomic E-state index is -0.334. The molecular formula is C22H22N6O3. The Kier molecular flexibility index (Phi) is 5.74. The Bertz CT molecular complexity index is 1110. The van der Waals surface area contributed by atoms with Crippen molar-refractivity contribution in [2.75, 3.05) is 23.3 Å². The van der Waals surface area contributed by atoms with E-state index < -0.39 is 0 Å². The Morgan fingerprint density at radius 3 is 2.61 bits per heavy atom. The van der Waals surface area contributed by atoms with E-state index in [1.165, 1.54) is 6.33 Å². The Morgan fingerprint density at radius 2 is 1.90 bits per heavy atom. The smallest absolute Gasteiger partial charge is 0.251 e. The largest absolute Gasteiger partial charge is 0.343 e. The fourth-order valence-electron chi connectivity index (χ4n) is 3.50. The molecule has 2 aromatic carbocycles. The molecule has 0 aliphatic carbocycles. The lowest BCUT2D eigenvalue weighted by Crippen LogP contribution is -2.33. The van der Waals surface area contributed by atoms with E-state index in [1.54, 1.807) is 58.4 Å². The van der Waals surface area contributed by atoms with Gasteiger partial charge in [-0.25, -0.2) is 9.67 Å². The summed E-state index contributed by atoms with van der Waals surface area (Å²) in [7, 11) is 0. The monoisotopic (exact) mass is 418 g/mol. The molecule has 3 aromatic rings. The molecule has 0 saturated carbocycles. The number of carbonyl (C=O) groups is 3. The maximum Gasteiger partial charge on any atom is 0.251 e. The lowest BCUT2D eigenvalue weighted by molar-refractivity contribution is -0.118. The summed E-state index contributed by atoms with van der Waals surface area (Å²) in [4.78, 5) is 42.3. The van der Waals surface area contributed by atoms with E-state index in [9.17, 15) is 14.4 Å². The molecular weight excluding hydrogens is 396 g/mol. The number of hydrogen-bond donors (Lipinski definition) is 2. The zero-order valence-corrected chi connectivity index (χ0v) is 17.0. The van der Waals surface area contributed by atoms with Crippen LogP contribution < -0.4 is 15.5 Å². The number of hydrogen-bond acceptors (Lipinski definition) is 5. The van der Waals surface area contributed by atoms with Gasteiger partial charge in [-0.3, -0.25) is 14.4 Å². The van der Waals surface area contributed by atoms with Crippen LogP contribution >= 0.6 is 0 Å². The van der Waals surface area contributed by atoms with Gasteiger partial charge in [0.25, 0.3) is 5.91 Å². The van der Waals surface area contributed by atoms with Crippen molar-refractivity contribution in [1.82, 2.24) is 20.1 Å². The molecule has 31 heavy (non-hydrogen) atoms. The van der Waals surface area contributed by atoms with Crippen molar-refractivity contribution in [1.29, 1.82) is 0 Å². The molecule has 0 unspecified atom stereocenters. The van der Waals surface area contributed by atoms with Crippen molar-refractivity contribution in [3.8, 4) is 5.69 Å². The minimum Gasteiger partial charge on any atom is -0.343 e. The van der Waals surface area contributed by atoms with Gasteiger partial charge < -0.3 is 15.5 Å². The maximum atomic E-state index is 12.5. The van der Waals surface area contributed by atoms with Crippen LogP contribution in [0, 0.1) is 0 Å². The van der Waals surface area contributed by atoms with Gasteiger partial charge in [0.05, 0.1) is 12.2 Å². The molecule has 9 nitrogen and oxygen atoms in total. The fraction of sp³-hybridized carbons (Fsp3) is 0.227. The molecule has 3 amide bonds. The molecule has 1 aliphatic heterocycles. The van der Waals surface area contributed by atoms with E-state index in [1.807, 2.05) is 6.92 Å². The summed E-state index contributed by atoms with van der Waals surface area (Å²) in [6, 6.07) is 12.4. The van der Waals surface area contributed by atoms with E-state index in [0.717, 1.165) is 16.9 Å². The van der Waals surface area contributed by atoms with Gasteiger partial charge in [-0.1, -0.05) is 6.92 Å². The highest BCUT2D eigenvalue weighted by atomic mass is 16.2. The first-order valence-electron chi connectivity index (χ1n) is 10.0. The summed E-state index contributed by atoms with van der Waals surface area (Å²) >= 11 is 0. The van der Waals surface area contributed by atoms with Crippen molar-refractivity contribution in [2.45, 2.75) is 19.8 Å². The average Bonchev–Trinajstić information content (AvgIpc) is 3.47. The second-order valence-electron chi connectivity index (χ2n) is 7.11. The van der Waals surface area contributed by atoms with Gasteiger partial charge in [-0.15, -0.1) is 0 Å². The van der Waals surface area contributed by atoms with Gasteiger partial charge in [0.15, 0.2) is 0 Å². The van der Waals surface area contributed by atoms with Gasteiger partial charge in [0.2, 0.25) is 11.8 Å². The number of anilines is 2. The number of nitrogens with one attached hydrogen (secondary N) is 2. The van der Waals surface area contributed by atoms with Gasteiger partial charge in [0, 0.05) is 29.9 Å². The average molecular weight is 418 g/mol. The highest BCUT2D eigenvalue weighted by Crippen LogP contribution is 2.29. The Hall–Kier alpha value is -4.01. The van der Waals surface area contributed by atoms with Crippen molar-refractivity contribution >= 4 is 29.1 Å². The third-order valence-corrected chi connectivity index (χ3v) is 5.08. The summed E-state index contributed by atoms with van der Waals surface area (Å²) in [6.07, 6.45) is 4.19. The second kappa shape index (κ2) is 8.78. The molecule has 0 bridgehead atoms. The molecule has 9 heteroatoms. The van der Waals surface area contributed by atoms with E-state index in [-0.39, 0.29) is 24.3 Å². The Morgan fingerprint density at radius 1 is 1.10 bits per heavy atom. The van der Waals surface area contributed by atoms with Crippen LogP contribution in [0.25, 0.3) is 5.69 Å². The summed E-state index contributed by atoms with van der Waals surface area (Å²) in [6.45, 7) is 2.31. The van der Waals surface area contributed by atoms with Crippen LogP contribution in [-0.4, -0.2) is 45.6 Å². The van der Waals surface area contributed by atoms with Crippen molar-refractivity contribution in [3.63, 3.8) is 0 Å². The highest BCUT2D eigenvalue weighted by Gasteiger charge is 2.24. The van der Waals surface area contributed by atoms with Crippen LogP contribution in [0.2, 0.25) is 0 Å².